The van der Waals surface area contributed by atoms with Gasteiger partial charge in [-0.3, -0.25) is 4.79 Å². The van der Waals surface area contributed by atoms with Crippen molar-refractivity contribution in [3.05, 3.63) is 75.9 Å². The van der Waals surface area contributed by atoms with Gasteiger partial charge in [-0.05, 0) is 37.3 Å². The second-order valence-corrected chi connectivity index (χ2v) is 8.15. The zero-order valence-electron chi connectivity index (χ0n) is 19.6. The molecule has 3 rings (SSSR count). The minimum atomic E-state index is -0.120. The van der Waals surface area contributed by atoms with Crippen molar-refractivity contribution in [2.45, 2.75) is 46.0 Å². The first kappa shape index (κ1) is 23.4. The van der Waals surface area contributed by atoms with Gasteiger partial charge in [0.05, 0.1) is 18.4 Å². The highest BCUT2D eigenvalue weighted by Crippen LogP contribution is 2.45. The van der Waals surface area contributed by atoms with Crippen molar-refractivity contribution in [3.8, 4) is 5.75 Å². The number of benzene rings is 1. The fourth-order valence-corrected chi connectivity index (χ4v) is 4.66. The molecule has 1 heterocycles. The van der Waals surface area contributed by atoms with Crippen molar-refractivity contribution in [2.75, 3.05) is 14.2 Å². The third-order valence-electron chi connectivity index (χ3n) is 6.09. The fraction of sp³-hybridized carbons (Fsp3) is 0.385. The van der Waals surface area contributed by atoms with Crippen LogP contribution in [0.15, 0.2) is 64.8 Å². The van der Waals surface area contributed by atoms with E-state index in [0.29, 0.717) is 17.0 Å². The Labute approximate surface area is 191 Å². The topological polar surface area (TPSA) is 86.2 Å². The van der Waals surface area contributed by atoms with Crippen molar-refractivity contribution in [3.63, 3.8) is 0 Å². The molecule has 0 saturated carbocycles. The molecule has 2 aliphatic rings. The molecule has 0 aromatic heterocycles. The number of amides is 1. The van der Waals surface area contributed by atoms with Crippen LogP contribution in [0.2, 0.25) is 0 Å². The average molecular weight is 435 g/mol. The number of hydrogen-bond acceptors (Lipinski definition) is 5. The van der Waals surface area contributed by atoms with Crippen molar-refractivity contribution in [2.24, 2.45) is 5.92 Å². The van der Waals surface area contributed by atoms with Crippen LogP contribution in [0.5, 0.6) is 5.75 Å². The summed E-state index contributed by atoms with van der Waals surface area (Å²) in [6, 6.07) is 6.27. The van der Waals surface area contributed by atoms with E-state index in [1.165, 1.54) is 17.3 Å². The van der Waals surface area contributed by atoms with Crippen LogP contribution in [0.4, 0.5) is 0 Å². The number of hydrogen-bond donors (Lipinski definition) is 4. The molecule has 1 aliphatic carbocycles. The summed E-state index contributed by atoms with van der Waals surface area (Å²) in [4.78, 5) is 12.9. The molecule has 1 saturated heterocycles. The van der Waals surface area contributed by atoms with Gasteiger partial charge in [0.15, 0.2) is 0 Å². The number of aryl methyl sites for hydroxylation is 1. The molecule has 1 aliphatic heterocycles. The molecule has 32 heavy (non-hydrogen) atoms. The molecular weight excluding hydrogens is 400 g/mol. The van der Waals surface area contributed by atoms with E-state index in [9.17, 15) is 4.79 Å². The van der Waals surface area contributed by atoms with Crippen molar-refractivity contribution < 1.29 is 9.53 Å². The van der Waals surface area contributed by atoms with Crippen molar-refractivity contribution in [1.82, 2.24) is 16.0 Å². The third kappa shape index (κ3) is 4.49. The first-order chi connectivity index (χ1) is 15.5. The lowest BCUT2D eigenvalue weighted by Gasteiger charge is -2.30. The van der Waals surface area contributed by atoms with E-state index in [2.05, 4.69) is 54.1 Å². The van der Waals surface area contributed by atoms with Crippen LogP contribution in [-0.4, -0.2) is 26.3 Å². The number of fused-ring (bicyclic) bond motifs is 1. The highest BCUT2D eigenvalue weighted by molar-refractivity contribution is 6.06. The zero-order valence-corrected chi connectivity index (χ0v) is 19.6. The molecule has 1 amide bonds. The Bertz CT molecular complexity index is 1020. The van der Waals surface area contributed by atoms with E-state index in [0.717, 1.165) is 36.3 Å². The number of carbonyl (C=O) groups excluding carboxylic acids is 1. The van der Waals surface area contributed by atoms with E-state index in [4.69, 9.17) is 10.1 Å². The monoisotopic (exact) mass is 434 g/mol. The minimum Gasteiger partial charge on any atom is -0.496 e. The lowest BCUT2D eigenvalue weighted by Crippen LogP contribution is -2.20. The molecule has 6 nitrogen and oxygen atoms in total. The lowest BCUT2D eigenvalue weighted by molar-refractivity contribution is -0.115. The van der Waals surface area contributed by atoms with Crippen LogP contribution in [-0.2, 0) is 11.2 Å². The number of rotatable bonds is 9. The summed E-state index contributed by atoms with van der Waals surface area (Å²) in [5, 5.41) is 16.8. The summed E-state index contributed by atoms with van der Waals surface area (Å²) >= 11 is 0. The predicted octanol–water partition coefficient (Wildman–Crippen LogP) is 4.29. The molecule has 1 aromatic carbocycles. The summed E-state index contributed by atoms with van der Waals surface area (Å²) in [6.07, 6.45) is 10.3. The van der Waals surface area contributed by atoms with Crippen LogP contribution >= 0.6 is 0 Å². The summed E-state index contributed by atoms with van der Waals surface area (Å²) < 4.78 is 5.78. The Kier molecular flexibility index (Phi) is 7.57. The first-order valence-electron chi connectivity index (χ1n) is 11.3. The van der Waals surface area contributed by atoms with Crippen molar-refractivity contribution >= 4 is 12.1 Å². The maximum Gasteiger partial charge on any atom is 0.258 e. The molecular formula is C26H34N4O2. The number of methoxy groups -OCH3 is 1. The molecule has 6 heteroatoms. The van der Waals surface area contributed by atoms with Gasteiger partial charge < -0.3 is 26.1 Å². The standard InChI is InChI=1S/C26H34N4O2/c1-6-9-18-10-8-11-23(32-5)25(18)20-13-21-22(12-17(20)7-2)30-26(31)24(21)16(3)29-19(14-27)15-28-4/h8,10-15,17,20,27-29H,6-7,9H2,1-5H3,(H,30,31)/b19-15+,24-16-,27-14?. The summed E-state index contributed by atoms with van der Waals surface area (Å²) in [7, 11) is 3.50. The predicted molar refractivity (Wildman–Crippen MR) is 130 cm³/mol. The Morgan fingerprint density at radius 3 is 2.69 bits per heavy atom. The molecule has 0 spiro atoms. The Morgan fingerprint density at radius 2 is 2.06 bits per heavy atom. The lowest BCUT2D eigenvalue weighted by atomic mass is 9.75. The van der Waals surface area contributed by atoms with E-state index < -0.39 is 0 Å². The summed E-state index contributed by atoms with van der Waals surface area (Å²) in [6.45, 7) is 6.24. The Morgan fingerprint density at radius 1 is 1.28 bits per heavy atom. The largest absolute Gasteiger partial charge is 0.496 e. The van der Waals surface area contributed by atoms with Crippen LogP contribution in [0.3, 0.4) is 0 Å². The molecule has 2 atom stereocenters. The van der Waals surface area contributed by atoms with E-state index in [1.807, 2.05) is 13.0 Å². The molecule has 0 radical (unpaired) electrons. The molecule has 170 valence electrons. The van der Waals surface area contributed by atoms with Crippen LogP contribution in [0, 0.1) is 11.3 Å². The molecule has 0 bridgehead atoms. The van der Waals surface area contributed by atoms with Gasteiger partial charge in [-0.1, -0.05) is 44.6 Å². The van der Waals surface area contributed by atoms with Gasteiger partial charge >= 0.3 is 0 Å². The molecule has 4 N–H and O–H groups in total. The van der Waals surface area contributed by atoms with Crippen LogP contribution in [0.25, 0.3) is 0 Å². The molecule has 2 unspecified atom stereocenters. The SMILES string of the molecule is CCCc1cccc(OC)c1C1C=C2C(=CC1CC)NC(=O)/C2=C(/C)N/C(C=N)=C/NC. The molecule has 1 aromatic rings. The highest BCUT2D eigenvalue weighted by atomic mass is 16.5. The normalized spacial score (nSPS) is 21.8. The number of allylic oxidation sites excluding steroid dienone is 5. The van der Waals surface area contributed by atoms with Crippen LogP contribution < -0.4 is 20.7 Å². The van der Waals surface area contributed by atoms with Gasteiger partial charge in [0.1, 0.15) is 5.75 Å². The van der Waals surface area contributed by atoms with E-state index in [-0.39, 0.29) is 17.7 Å². The van der Waals surface area contributed by atoms with Gasteiger partial charge in [0.25, 0.3) is 5.91 Å². The fourth-order valence-electron chi connectivity index (χ4n) is 4.66. The van der Waals surface area contributed by atoms with Gasteiger partial charge in [-0.25, -0.2) is 0 Å². The van der Waals surface area contributed by atoms with Gasteiger partial charge in [0.2, 0.25) is 0 Å². The first-order valence-corrected chi connectivity index (χ1v) is 11.3. The van der Waals surface area contributed by atoms with Gasteiger partial charge in [0, 0.05) is 47.9 Å². The van der Waals surface area contributed by atoms with Gasteiger partial charge in [-0.15, -0.1) is 0 Å². The maximum atomic E-state index is 12.9. The number of carbonyl (C=O) groups is 1. The quantitative estimate of drug-likeness (QED) is 0.345. The summed E-state index contributed by atoms with van der Waals surface area (Å²) in [5.74, 6) is 1.15. The summed E-state index contributed by atoms with van der Waals surface area (Å²) in [5.41, 5.74) is 6.20. The van der Waals surface area contributed by atoms with Gasteiger partial charge in [-0.2, -0.15) is 0 Å². The second-order valence-electron chi connectivity index (χ2n) is 8.15. The second kappa shape index (κ2) is 10.4. The average Bonchev–Trinajstić information content (AvgIpc) is 3.12. The number of ether oxygens (including phenoxy) is 1. The number of nitrogens with one attached hydrogen (secondary N) is 4. The Balaban J connectivity index is 2.14. The van der Waals surface area contributed by atoms with E-state index >= 15 is 0 Å². The zero-order chi connectivity index (χ0) is 23.3. The van der Waals surface area contributed by atoms with E-state index in [1.54, 1.807) is 20.4 Å². The van der Waals surface area contributed by atoms with Crippen LogP contribution in [0.1, 0.15) is 50.7 Å². The Hall–Kier alpha value is -3.28. The smallest absolute Gasteiger partial charge is 0.258 e. The third-order valence-corrected chi connectivity index (χ3v) is 6.09. The maximum absolute atomic E-state index is 12.9. The van der Waals surface area contributed by atoms with Crippen molar-refractivity contribution in [1.29, 1.82) is 5.41 Å². The highest BCUT2D eigenvalue weighted by Gasteiger charge is 2.36. The molecule has 1 fully saturated rings. The minimum absolute atomic E-state index is 0.113.